The van der Waals surface area contributed by atoms with E-state index in [1.165, 1.54) is 5.56 Å². The Labute approximate surface area is 213 Å². The molecule has 2 aromatic rings. The Kier molecular flexibility index (Phi) is 8.70. The highest BCUT2D eigenvalue weighted by atomic mass is 16.5. The summed E-state index contributed by atoms with van der Waals surface area (Å²) in [5, 5.41) is 0. The van der Waals surface area contributed by atoms with Crippen molar-refractivity contribution in [3.63, 3.8) is 0 Å². The van der Waals surface area contributed by atoms with Crippen LogP contribution in [0.25, 0.3) is 0 Å². The minimum atomic E-state index is -0.0522. The van der Waals surface area contributed by atoms with E-state index in [0.717, 1.165) is 44.9 Å². The fourth-order valence-electron chi connectivity index (χ4n) is 4.97. The third kappa shape index (κ3) is 6.29. The normalized spacial score (nSPS) is 17.1. The molecule has 0 bridgehead atoms. The van der Waals surface area contributed by atoms with Crippen molar-refractivity contribution < 1.29 is 23.8 Å². The average molecular weight is 496 g/mol. The summed E-state index contributed by atoms with van der Waals surface area (Å²) in [6, 6.07) is 13.4. The predicted molar refractivity (Wildman–Crippen MR) is 138 cm³/mol. The van der Waals surface area contributed by atoms with Crippen LogP contribution in [0.2, 0.25) is 0 Å². The highest BCUT2D eigenvalue weighted by Gasteiger charge is 2.32. The molecule has 0 N–H and O–H groups in total. The maximum absolute atomic E-state index is 13.2. The number of nitrogens with zero attached hydrogens (tertiary/aromatic N) is 3. The third-order valence-electron chi connectivity index (χ3n) is 7.29. The van der Waals surface area contributed by atoms with Crippen molar-refractivity contribution in [2.75, 3.05) is 67.1 Å². The summed E-state index contributed by atoms with van der Waals surface area (Å²) in [6.45, 7) is 5.49. The molecular formula is C28H37N3O5. The number of piperazine rings is 1. The largest absolute Gasteiger partial charge is 0.497 e. The summed E-state index contributed by atoms with van der Waals surface area (Å²) < 4.78 is 15.8. The second-order valence-corrected chi connectivity index (χ2v) is 9.43. The molecule has 2 aromatic carbocycles. The lowest BCUT2D eigenvalue weighted by molar-refractivity contribution is -0.138. The number of hydrogen-bond donors (Lipinski definition) is 0. The van der Waals surface area contributed by atoms with Crippen molar-refractivity contribution in [2.24, 2.45) is 5.92 Å². The molecule has 0 atom stereocenters. The Balaban J connectivity index is 1.22. The van der Waals surface area contributed by atoms with E-state index in [1.807, 2.05) is 21.9 Å². The molecule has 0 unspecified atom stereocenters. The molecule has 2 aliphatic rings. The van der Waals surface area contributed by atoms with Gasteiger partial charge in [-0.2, -0.15) is 0 Å². The molecule has 2 fully saturated rings. The zero-order valence-electron chi connectivity index (χ0n) is 21.6. The molecule has 194 valence electrons. The van der Waals surface area contributed by atoms with Gasteiger partial charge < -0.3 is 24.0 Å². The van der Waals surface area contributed by atoms with E-state index >= 15 is 0 Å². The van der Waals surface area contributed by atoms with E-state index in [-0.39, 0.29) is 17.7 Å². The van der Waals surface area contributed by atoms with Gasteiger partial charge in [-0.3, -0.25) is 14.5 Å². The lowest BCUT2D eigenvalue weighted by Gasteiger charge is -2.38. The summed E-state index contributed by atoms with van der Waals surface area (Å²) >= 11 is 0. The summed E-state index contributed by atoms with van der Waals surface area (Å²) in [7, 11) is 4.82. The van der Waals surface area contributed by atoms with Crippen LogP contribution in [-0.2, 0) is 11.2 Å². The van der Waals surface area contributed by atoms with Crippen LogP contribution in [0.1, 0.15) is 28.8 Å². The van der Waals surface area contributed by atoms with Crippen LogP contribution in [-0.4, -0.2) is 93.7 Å². The number of piperidine rings is 1. The van der Waals surface area contributed by atoms with Gasteiger partial charge in [0.05, 0.1) is 21.3 Å². The Hall–Kier alpha value is -3.26. The smallest absolute Gasteiger partial charge is 0.254 e. The van der Waals surface area contributed by atoms with E-state index in [0.29, 0.717) is 43.0 Å². The molecule has 2 aliphatic heterocycles. The van der Waals surface area contributed by atoms with Crippen LogP contribution < -0.4 is 14.2 Å². The first-order chi connectivity index (χ1) is 17.5. The van der Waals surface area contributed by atoms with E-state index < -0.39 is 0 Å². The molecule has 0 saturated carbocycles. The fourth-order valence-corrected chi connectivity index (χ4v) is 4.97. The zero-order chi connectivity index (χ0) is 25.5. The summed E-state index contributed by atoms with van der Waals surface area (Å²) in [6.07, 6.45) is 2.39. The lowest BCUT2D eigenvalue weighted by Crippen LogP contribution is -2.52. The van der Waals surface area contributed by atoms with Gasteiger partial charge in [-0.1, -0.05) is 12.1 Å². The van der Waals surface area contributed by atoms with Gasteiger partial charge in [0, 0.05) is 63.4 Å². The monoisotopic (exact) mass is 495 g/mol. The van der Waals surface area contributed by atoms with Crippen molar-refractivity contribution in [1.82, 2.24) is 14.7 Å². The van der Waals surface area contributed by atoms with Crippen molar-refractivity contribution in [3.05, 3.63) is 53.6 Å². The molecule has 8 heteroatoms. The first-order valence-corrected chi connectivity index (χ1v) is 12.7. The fraction of sp³-hybridized carbons (Fsp3) is 0.500. The zero-order valence-corrected chi connectivity index (χ0v) is 21.6. The van der Waals surface area contributed by atoms with E-state index in [4.69, 9.17) is 14.2 Å². The van der Waals surface area contributed by atoms with Crippen LogP contribution in [0.3, 0.4) is 0 Å². The van der Waals surface area contributed by atoms with E-state index in [2.05, 4.69) is 17.0 Å². The number of methoxy groups -OCH3 is 3. The molecule has 0 aromatic heterocycles. The minimum Gasteiger partial charge on any atom is -0.497 e. The molecule has 2 amide bonds. The van der Waals surface area contributed by atoms with Gasteiger partial charge in [-0.05, 0) is 49.1 Å². The van der Waals surface area contributed by atoms with Crippen molar-refractivity contribution in [2.45, 2.75) is 19.3 Å². The molecule has 0 spiro atoms. The second kappa shape index (κ2) is 12.1. The molecule has 36 heavy (non-hydrogen) atoms. The molecule has 8 nitrogen and oxygen atoms in total. The summed E-state index contributed by atoms with van der Waals surface area (Å²) in [5.74, 6) is 2.22. The molecule has 0 radical (unpaired) electrons. The average Bonchev–Trinajstić information content (AvgIpc) is 2.95. The van der Waals surface area contributed by atoms with Crippen LogP contribution >= 0.6 is 0 Å². The maximum Gasteiger partial charge on any atom is 0.254 e. The van der Waals surface area contributed by atoms with Crippen LogP contribution in [0.4, 0.5) is 0 Å². The molecule has 0 aliphatic carbocycles. The highest BCUT2D eigenvalue weighted by molar-refractivity contribution is 5.95. The molecular weight excluding hydrogens is 458 g/mol. The SMILES string of the molecule is COc1ccc(CCN2CCN(C(=O)C3CCN(C(=O)c4cc(OC)cc(OC)c4)CC3)CC2)cc1. The van der Waals surface area contributed by atoms with Crippen LogP contribution in [0.5, 0.6) is 17.2 Å². The van der Waals surface area contributed by atoms with Crippen LogP contribution in [0, 0.1) is 5.92 Å². The number of likely N-dealkylation sites (tertiary alicyclic amines) is 1. The number of ether oxygens (including phenoxy) is 3. The standard InChI is InChI=1S/C28H37N3O5/c1-34-24-6-4-21(5-7-24)8-11-29-14-16-31(17-15-29)27(32)22-9-12-30(13-10-22)28(33)23-18-25(35-2)20-26(19-23)36-3/h4-7,18-20,22H,8-17H2,1-3H3. The lowest BCUT2D eigenvalue weighted by atomic mass is 9.94. The van der Waals surface area contributed by atoms with Gasteiger partial charge in [-0.15, -0.1) is 0 Å². The van der Waals surface area contributed by atoms with Crippen molar-refractivity contribution in [1.29, 1.82) is 0 Å². The Bertz CT molecular complexity index is 1000. The Morgan fingerprint density at radius 3 is 1.89 bits per heavy atom. The Morgan fingerprint density at radius 1 is 0.750 bits per heavy atom. The van der Waals surface area contributed by atoms with Gasteiger partial charge >= 0.3 is 0 Å². The number of hydrogen-bond acceptors (Lipinski definition) is 6. The number of amides is 2. The van der Waals surface area contributed by atoms with Crippen molar-refractivity contribution in [3.8, 4) is 17.2 Å². The van der Waals surface area contributed by atoms with Crippen LogP contribution in [0.15, 0.2) is 42.5 Å². The third-order valence-corrected chi connectivity index (χ3v) is 7.29. The number of benzene rings is 2. The van der Waals surface area contributed by atoms with Gasteiger partial charge in [-0.25, -0.2) is 0 Å². The van der Waals surface area contributed by atoms with E-state index in [9.17, 15) is 9.59 Å². The predicted octanol–water partition coefficient (Wildman–Crippen LogP) is 2.95. The second-order valence-electron chi connectivity index (χ2n) is 9.43. The maximum atomic E-state index is 13.2. The topological polar surface area (TPSA) is 71.6 Å². The first kappa shape index (κ1) is 25.8. The molecule has 2 saturated heterocycles. The first-order valence-electron chi connectivity index (χ1n) is 12.7. The van der Waals surface area contributed by atoms with Gasteiger partial charge in [0.1, 0.15) is 17.2 Å². The molecule has 2 heterocycles. The minimum absolute atomic E-state index is 0.0141. The summed E-state index contributed by atoms with van der Waals surface area (Å²) in [4.78, 5) is 32.5. The summed E-state index contributed by atoms with van der Waals surface area (Å²) in [5.41, 5.74) is 1.84. The quantitative estimate of drug-likeness (QED) is 0.561. The number of rotatable bonds is 8. The number of carbonyl (C=O) groups excluding carboxylic acids is 2. The number of carbonyl (C=O) groups is 2. The van der Waals surface area contributed by atoms with Gasteiger partial charge in [0.15, 0.2) is 0 Å². The van der Waals surface area contributed by atoms with E-state index in [1.54, 1.807) is 39.5 Å². The van der Waals surface area contributed by atoms with Gasteiger partial charge in [0.25, 0.3) is 5.91 Å². The van der Waals surface area contributed by atoms with Crippen molar-refractivity contribution >= 4 is 11.8 Å². The highest BCUT2D eigenvalue weighted by Crippen LogP contribution is 2.26. The Morgan fingerprint density at radius 2 is 1.33 bits per heavy atom. The van der Waals surface area contributed by atoms with Gasteiger partial charge in [0.2, 0.25) is 5.91 Å². The molecule has 4 rings (SSSR count).